The number of benzene rings is 1. The van der Waals surface area contributed by atoms with E-state index in [4.69, 9.17) is 22.1 Å². The quantitative estimate of drug-likeness (QED) is 0.790. The largest absolute Gasteiger partial charge is 0.496 e. The highest BCUT2D eigenvalue weighted by molar-refractivity contribution is 6.33. The van der Waals surface area contributed by atoms with Crippen LogP contribution in [0.2, 0.25) is 5.02 Å². The molecule has 1 aliphatic carbocycles. The Bertz CT molecular complexity index is 532. The lowest BCUT2D eigenvalue weighted by atomic mass is 10.1. The second-order valence-electron chi connectivity index (χ2n) is 5.53. The standard InChI is InChI=1S/C15H22ClN3O2/c1-9(19(2)10-4-5-10)8-18-15(20)11-6-12(16)13(17)7-14(11)21-3/h6-7,9-10H,4-5,8,17H2,1-3H3,(H,18,20). The van der Waals surface area contributed by atoms with Crippen LogP contribution in [0.1, 0.15) is 30.1 Å². The minimum absolute atomic E-state index is 0.204. The van der Waals surface area contributed by atoms with Crippen LogP contribution in [0.4, 0.5) is 5.69 Å². The van der Waals surface area contributed by atoms with E-state index in [9.17, 15) is 4.79 Å². The van der Waals surface area contributed by atoms with Crippen LogP contribution in [-0.2, 0) is 0 Å². The summed E-state index contributed by atoms with van der Waals surface area (Å²) in [5.74, 6) is 0.224. The lowest BCUT2D eigenvalue weighted by Crippen LogP contribution is -2.41. The predicted octanol–water partition coefficient (Wildman–Crippen LogP) is 2.14. The number of nitrogens with zero attached hydrogens (tertiary/aromatic N) is 1. The summed E-state index contributed by atoms with van der Waals surface area (Å²) in [6, 6.07) is 4.06. The lowest BCUT2D eigenvalue weighted by molar-refractivity contribution is 0.0936. The van der Waals surface area contributed by atoms with E-state index in [0.29, 0.717) is 34.6 Å². The van der Waals surface area contributed by atoms with Crippen molar-refractivity contribution in [3.63, 3.8) is 0 Å². The van der Waals surface area contributed by atoms with Crippen LogP contribution in [0, 0.1) is 0 Å². The van der Waals surface area contributed by atoms with Gasteiger partial charge in [-0.15, -0.1) is 0 Å². The number of ether oxygens (including phenoxy) is 1. The Morgan fingerprint density at radius 1 is 1.57 bits per heavy atom. The van der Waals surface area contributed by atoms with Gasteiger partial charge < -0.3 is 15.8 Å². The van der Waals surface area contributed by atoms with Gasteiger partial charge in [-0.2, -0.15) is 0 Å². The number of carbonyl (C=O) groups excluding carboxylic acids is 1. The molecule has 6 heteroatoms. The van der Waals surface area contributed by atoms with E-state index in [0.717, 1.165) is 0 Å². The zero-order chi connectivity index (χ0) is 15.6. The molecule has 0 heterocycles. The molecule has 0 bridgehead atoms. The Hall–Kier alpha value is -1.46. The van der Waals surface area contributed by atoms with Crippen LogP contribution < -0.4 is 15.8 Å². The minimum atomic E-state index is -0.204. The van der Waals surface area contributed by atoms with Gasteiger partial charge in [0, 0.05) is 24.7 Å². The van der Waals surface area contributed by atoms with Gasteiger partial charge in [0.2, 0.25) is 0 Å². The average Bonchev–Trinajstić information content (AvgIpc) is 3.30. The van der Waals surface area contributed by atoms with E-state index in [1.807, 2.05) is 0 Å². The summed E-state index contributed by atoms with van der Waals surface area (Å²) in [7, 11) is 3.60. The Kier molecular flexibility index (Phi) is 4.96. The molecule has 21 heavy (non-hydrogen) atoms. The molecular formula is C15H22ClN3O2. The molecule has 3 N–H and O–H groups in total. The first kappa shape index (κ1) is 15.9. The number of nitrogens with two attached hydrogens (primary N) is 1. The van der Waals surface area contributed by atoms with Crippen LogP contribution in [-0.4, -0.2) is 43.6 Å². The minimum Gasteiger partial charge on any atom is -0.496 e. The highest BCUT2D eigenvalue weighted by atomic mass is 35.5. The molecule has 1 atom stereocenters. The third-order valence-electron chi connectivity index (χ3n) is 3.94. The molecule has 1 aliphatic rings. The van der Waals surface area contributed by atoms with Crippen molar-refractivity contribution in [2.24, 2.45) is 0 Å². The Morgan fingerprint density at radius 3 is 2.81 bits per heavy atom. The second-order valence-corrected chi connectivity index (χ2v) is 5.94. The van der Waals surface area contributed by atoms with Crippen LogP contribution in [0.3, 0.4) is 0 Å². The summed E-state index contributed by atoms with van der Waals surface area (Å²) in [6.07, 6.45) is 2.49. The molecular weight excluding hydrogens is 290 g/mol. The number of nitrogens with one attached hydrogen (secondary N) is 1. The summed E-state index contributed by atoms with van der Waals surface area (Å²) in [6.45, 7) is 2.68. The first-order chi connectivity index (χ1) is 9.93. The van der Waals surface area contributed by atoms with Gasteiger partial charge in [-0.1, -0.05) is 11.6 Å². The van der Waals surface area contributed by atoms with Crippen LogP contribution in [0.25, 0.3) is 0 Å². The van der Waals surface area contributed by atoms with Crippen molar-refractivity contribution in [3.05, 3.63) is 22.7 Å². The molecule has 1 amide bonds. The smallest absolute Gasteiger partial charge is 0.255 e. The number of carbonyl (C=O) groups is 1. The maximum atomic E-state index is 12.3. The number of anilines is 1. The van der Waals surface area contributed by atoms with E-state index in [2.05, 4.69) is 24.2 Å². The van der Waals surface area contributed by atoms with Gasteiger partial charge in [0.25, 0.3) is 5.91 Å². The number of hydrogen-bond acceptors (Lipinski definition) is 4. The molecule has 0 radical (unpaired) electrons. The van der Waals surface area contributed by atoms with Gasteiger partial charge in [-0.05, 0) is 32.9 Å². The van der Waals surface area contributed by atoms with Gasteiger partial charge >= 0.3 is 0 Å². The molecule has 1 aromatic rings. The fourth-order valence-corrected chi connectivity index (χ4v) is 2.40. The molecule has 2 rings (SSSR count). The first-order valence-electron chi connectivity index (χ1n) is 7.07. The van der Waals surface area contributed by atoms with E-state index < -0.39 is 0 Å². The van der Waals surface area contributed by atoms with Crippen molar-refractivity contribution >= 4 is 23.2 Å². The molecule has 1 aromatic carbocycles. The molecule has 116 valence electrons. The average molecular weight is 312 g/mol. The van der Waals surface area contributed by atoms with Crippen molar-refractivity contribution < 1.29 is 9.53 Å². The van der Waals surface area contributed by atoms with Gasteiger partial charge in [0.05, 0.1) is 23.4 Å². The predicted molar refractivity (Wildman–Crippen MR) is 85.0 cm³/mol. The maximum Gasteiger partial charge on any atom is 0.255 e. The third kappa shape index (κ3) is 3.80. The number of hydrogen-bond donors (Lipinski definition) is 2. The summed E-state index contributed by atoms with van der Waals surface area (Å²) in [4.78, 5) is 14.6. The number of halogens is 1. The highest BCUT2D eigenvalue weighted by Gasteiger charge is 2.29. The van der Waals surface area contributed by atoms with E-state index in [-0.39, 0.29) is 11.9 Å². The summed E-state index contributed by atoms with van der Waals surface area (Å²) in [5.41, 5.74) is 6.51. The van der Waals surface area contributed by atoms with E-state index >= 15 is 0 Å². The first-order valence-corrected chi connectivity index (χ1v) is 7.45. The molecule has 1 unspecified atom stereocenters. The molecule has 1 saturated carbocycles. The van der Waals surface area contributed by atoms with E-state index in [1.165, 1.54) is 20.0 Å². The van der Waals surface area contributed by atoms with Crippen LogP contribution in [0.5, 0.6) is 5.75 Å². The van der Waals surface area contributed by atoms with Crippen molar-refractivity contribution in [1.29, 1.82) is 0 Å². The Morgan fingerprint density at radius 2 is 2.24 bits per heavy atom. The van der Waals surface area contributed by atoms with Crippen LogP contribution >= 0.6 is 11.6 Å². The zero-order valence-corrected chi connectivity index (χ0v) is 13.4. The maximum absolute atomic E-state index is 12.3. The normalized spacial score (nSPS) is 15.9. The van der Waals surface area contributed by atoms with Gasteiger partial charge in [0.1, 0.15) is 5.75 Å². The second kappa shape index (κ2) is 6.54. The molecule has 0 saturated heterocycles. The number of amides is 1. The van der Waals surface area contributed by atoms with Crippen molar-refractivity contribution in [2.45, 2.75) is 31.8 Å². The number of likely N-dealkylation sites (N-methyl/N-ethyl adjacent to an activating group) is 1. The van der Waals surface area contributed by atoms with Crippen molar-refractivity contribution in [3.8, 4) is 5.75 Å². The van der Waals surface area contributed by atoms with Crippen LogP contribution in [0.15, 0.2) is 12.1 Å². The summed E-state index contributed by atoms with van der Waals surface area (Å²) in [5, 5.41) is 3.27. The highest BCUT2D eigenvalue weighted by Crippen LogP contribution is 2.29. The van der Waals surface area contributed by atoms with E-state index in [1.54, 1.807) is 12.1 Å². The molecule has 0 aromatic heterocycles. The fraction of sp³-hybridized carbons (Fsp3) is 0.533. The van der Waals surface area contributed by atoms with Gasteiger partial charge in [0.15, 0.2) is 0 Å². The number of methoxy groups -OCH3 is 1. The third-order valence-corrected chi connectivity index (χ3v) is 4.27. The lowest BCUT2D eigenvalue weighted by Gasteiger charge is -2.24. The van der Waals surface area contributed by atoms with Crippen molar-refractivity contribution in [2.75, 3.05) is 26.4 Å². The zero-order valence-electron chi connectivity index (χ0n) is 12.6. The van der Waals surface area contributed by atoms with Crippen molar-refractivity contribution in [1.82, 2.24) is 10.2 Å². The molecule has 1 fully saturated rings. The molecule has 0 spiro atoms. The number of nitrogen functional groups attached to an aromatic ring is 1. The summed E-state index contributed by atoms with van der Waals surface area (Å²) >= 11 is 5.98. The SMILES string of the molecule is COc1cc(N)c(Cl)cc1C(=O)NCC(C)N(C)C1CC1. The summed E-state index contributed by atoms with van der Waals surface area (Å²) < 4.78 is 5.19. The topological polar surface area (TPSA) is 67.6 Å². The van der Waals surface area contributed by atoms with Gasteiger partial charge in [-0.3, -0.25) is 9.69 Å². The molecule has 0 aliphatic heterocycles. The fourth-order valence-electron chi connectivity index (χ4n) is 2.24. The Labute approximate surface area is 130 Å². The Balaban J connectivity index is 2.01. The van der Waals surface area contributed by atoms with Gasteiger partial charge in [-0.25, -0.2) is 0 Å². The monoisotopic (exact) mass is 311 g/mol. The molecule has 5 nitrogen and oxygen atoms in total. The number of rotatable bonds is 6.